The molecule has 1 N–H and O–H groups in total. The summed E-state index contributed by atoms with van der Waals surface area (Å²) in [7, 11) is 0. The summed E-state index contributed by atoms with van der Waals surface area (Å²) in [5.41, 5.74) is 3.22. The third-order valence-corrected chi connectivity index (χ3v) is 3.97. The van der Waals surface area contributed by atoms with Crippen molar-refractivity contribution in [1.29, 1.82) is 0 Å². The average molecular weight is 322 g/mol. The second-order valence-electron chi connectivity index (χ2n) is 5.27. The predicted molar refractivity (Wildman–Crippen MR) is 92.1 cm³/mol. The van der Waals surface area contributed by atoms with Crippen LogP contribution in [0.15, 0.2) is 65.1 Å². The van der Waals surface area contributed by atoms with Crippen LogP contribution in [0.3, 0.4) is 0 Å². The number of carbonyl (C=O) groups is 1. The van der Waals surface area contributed by atoms with E-state index in [4.69, 9.17) is 16.0 Å². The molecule has 0 saturated carbocycles. The number of furan rings is 1. The Kier molecular flexibility index (Phi) is 3.28. The fraction of sp³-hybridized carbons (Fsp3) is 0. The fourth-order valence-electron chi connectivity index (χ4n) is 2.65. The maximum absolute atomic E-state index is 12.1. The van der Waals surface area contributed by atoms with Crippen molar-refractivity contribution in [2.45, 2.75) is 0 Å². The number of amides is 1. The van der Waals surface area contributed by atoms with Crippen LogP contribution < -0.4 is 5.32 Å². The first kappa shape index (κ1) is 13.9. The summed E-state index contributed by atoms with van der Waals surface area (Å²) in [4.78, 5) is 12.1. The van der Waals surface area contributed by atoms with Crippen LogP contribution in [-0.4, -0.2) is 5.91 Å². The third kappa shape index (κ3) is 2.56. The van der Waals surface area contributed by atoms with Gasteiger partial charge in [0.2, 0.25) is 0 Å². The van der Waals surface area contributed by atoms with Gasteiger partial charge in [0.25, 0.3) is 5.91 Å². The standard InChI is InChI=1S/C19H12ClNO2/c20-13-5-3-4-12(10-13)18-9-8-14(23-18)11-16-15-6-1-2-7-17(15)21-19(16)22/h1-11H,(H,21,22)/b16-11-. The van der Waals surface area contributed by atoms with E-state index in [0.29, 0.717) is 22.1 Å². The van der Waals surface area contributed by atoms with Gasteiger partial charge in [0.05, 0.1) is 5.57 Å². The van der Waals surface area contributed by atoms with Crippen molar-refractivity contribution in [3.05, 3.63) is 77.0 Å². The number of nitrogens with one attached hydrogen (secondary N) is 1. The van der Waals surface area contributed by atoms with E-state index in [9.17, 15) is 4.79 Å². The number of hydrogen-bond donors (Lipinski definition) is 1. The molecule has 2 aromatic carbocycles. The second kappa shape index (κ2) is 5.45. The number of halogens is 1. The van der Waals surface area contributed by atoms with Gasteiger partial charge in [-0.1, -0.05) is 41.9 Å². The Labute approximate surface area is 138 Å². The lowest BCUT2D eigenvalue weighted by Crippen LogP contribution is -2.03. The summed E-state index contributed by atoms with van der Waals surface area (Å²) >= 11 is 6.01. The highest BCUT2D eigenvalue weighted by Gasteiger charge is 2.23. The van der Waals surface area contributed by atoms with E-state index < -0.39 is 0 Å². The Morgan fingerprint density at radius 2 is 1.87 bits per heavy atom. The molecule has 0 radical (unpaired) electrons. The minimum atomic E-state index is -0.119. The molecular weight excluding hydrogens is 310 g/mol. The molecule has 112 valence electrons. The smallest absolute Gasteiger partial charge is 0.256 e. The van der Waals surface area contributed by atoms with Crippen LogP contribution in [0.4, 0.5) is 5.69 Å². The highest BCUT2D eigenvalue weighted by Crippen LogP contribution is 2.33. The number of carbonyl (C=O) groups excluding carboxylic acids is 1. The van der Waals surface area contributed by atoms with Crippen molar-refractivity contribution < 1.29 is 9.21 Å². The van der Waals surface area contributed by atoms with E-state index in [1.165, 1.54) is 0 Å². The highest BCUT2D eigenvalue weighted by atomic mass is 35.5. The van der Waals surface area contributed by atoms with Crippen LogP contribution in [-0.2, 0) is 4.79 Å². The Bertz CT molecular complexity index is 940. The molecule has 1 aliphatic heterocycles. The SMILES string of the molecule is O=C1Nc2ccccc2/C1=C/c1ccc(-c2cccc(Cl)c2)o1. The first-order valence-corrected chi connectivity index (χ1v) is 7.57. The van der Waals surface area contributed by atoms with Gasteiger partial charge in [0, 0.05) is 21.8 Å². The number of hydrogen-bond acceptors (Lipinski definition) is 2. The molecule has 4 rings (SSSR count). The number of fused-ring (bicyclic) bond motifs is 1. The van der Waals surface area contributed by atoms with Gasteiger partial charge in [-0.05, 0) is 36.4 Å². The Hall–Kier alpha value is -2.78. The van der Waals surface area contributed by atoms with Gasteiger partial charge < -0.3 is 9.73 Å². The molecule has 0 fully saturated rings. The maximum Gasteiger partial charge on any atom is 0.256 e. The monoisotopic (exact) mass is 321 g/mol. The van der Waals surface area contributed by atoms with Crippen LogP contribution in [0.25, 0.3) is 23.0 Å². The van der Waals surface area contributed by atoms with Crippen LogP contribution in [0.1, 0.15) is 11.3 Å². The average Bonchev–Trinajstić information content (AvgIpc) is 3.13. The topological polar surface area (TPSA) is 42.2 Å². The summed E-state index contributed by atoms with van der Waals surface area (Å²) < 4.78 is 5.83. The van der Waals surface area contributed by atoms with Gasteiger partial charge in [-0.2, -0.15) is 0 Å². The van der Waals surface area contributed by atoms with Crippen molar-refractivity contribution in [3.63, 3.8) is 0 Å². The van der Waals surface area contributed by atoms with Crippen LogP contribution in [0.5, 0.6) is 0 Å². The first-order valence-electron chi connectivity index (χ1n) is 7.19. The quantitative estimate of drug-likeness (QED) is 0.668. The van der Waals surface area contributed by atoms with Crippen molar-refractivity contribution in [3.8, 4) is 11.3 Å². The molecule has 0 aliphatic carbocycles. The van der Waals surface area contributed by atoms with Gasteiger partial charge >= 0.3 is 0 Å². The molecule has 0 unspecified atom stereocenters. The molecular formula is C19H12ClNO2. The highest BCUT2D eigenvalue weighted by molar-refractivity contribution is 6.34. The minimum absolute atomic E-state index is 0.119. The molecule has 4 heteroatoms. The van der Waals surface area contributed by atoms with Crippen molar-refractivity contribution in [1.82, 2.24) is 0 Å². The van der Waals surface area contributed by atoms with Crippen molar-refractivity contribution in [2.75, 3.05) is 5.32 Å². The summed E-state index contributed by atoms with van der Waals surface area (Å²) in [6.45, 7) is 0. The van der Waals surface area contributed by atoms with Crippen molar-refractivity contribution in [2.24, 2.45) is 0 Å². The molecule has 1 amide bonds. The molecule has 2 heterocycles. The summed E-state index contributed by atoms with van der Waals surface area (Å²) in [5, 5.41) is 3.50. The predicted octanol–water partition coefficient (Wildman–Crippen LogP) is 5.09. The van der Waals surface area contributed by atoms with Crippen molar-refractivity contribution >= 4 is 34.8 Å². The molecule has 0 saturated heterocycles. The zero-order valence-electron chi connectivity index (χ0n) is 12.0. The van der Waals surface area contributed by atoms with E-state index in [2.05, 4.69) is 5.32 Å². The summed E-state index contributed by atoms with van der Waals surface area (Å²) in [5.74, 6) is 1.22. The van der Waals surface area contributed by atoms with Crippen LogP contribution in [0.2, 0.25) is 5.02 Å². The second-order valence-corrected chi connectivity index (χ2v) is 5.71. The zero-order valence-corrected chi connectivity index (χ0v) is 12.8. The molecule has 3 aromatic rings. The number of anilines is 1. The molecule has 0 bridgehead atoms. The van der Waals surface area contributed by atoms with Crippen LogP contribution in [0, 0.1) is 0 Å². The minimum Gasteiger partial charge on any atom is -0.457 e. The molecule has 1 aromatic heterocycles. The Balaban J connectivity index is 1.72. The molecule has 3 nitrogen and oxygen atoms in total. The Morgan fingerprint density at radius 3 is 2.74 bits per heavy atom. The van der Waals surface area contributed by atoms with Gasteiger partial charge in [0.1, 0.15) is 11.5 Å². The lowest BCUT2D eigenvalue weighted by atomic mass is 10.1. The molecule has 0 spiro atoms. The largest absolute Gasteiger partial charge is 0.457 e. The third-order valence-electron chi connectivity index (χ3n) is 3.73. The van der Waals surface area contributed by atoms with Gasteiger partial charge in [-0.3, -0.25) is 4.79 Å². The lowest BCUT2D eigenvalue weighted by Gasteiger charge is -1.98. The van der Waals surface area contributed by atoms with E-state index in [1.807, 2.05) is 60.7 Å². The molecule has 0 atom stereocenters. The first-order chi connectivity index (χ1) is 11.2. The fourth-order valence-corrected chi connectivity index (χ4v) is 2.84. The number of para-hydroxylation sites is 1. The van der Waals surface area contributed by atoms with Gasteiger partial charge in [-0.15, -0.1) is 0 Å². The maximum atomic E-state index is 12.1. The molecule has 1 aliphatic rings. The lowest BCUT2D eigenvalue weighted by molar-refractivity contribution is -0.110. The van der Waals surface area contributed by atoms with Gasteiger partial charge in [0.15, 0.2) is 0 Å². The normalized spacial score (nSPS) is 14.8. The van der Waals surface area contributed by atoms with Gasteiger partial charge in [-0.25, -0.2) is 0 Å². The summed E-state index contributed by atoms with van der Waals surface area (Å²) in [6.07, 6.45) is 1.76. The number of rotatable bonds is 2. The van der Waals surface area contributed by atoms with E-state index in [-0.39, 0.29) is 5.91 Å². The van der Waals surface area contributed by atoms with E-state index >= 15 is 0 Å². The summed E-state index contributed by atoms with van der Waals surface area (Å²) in [6, 6.07) is 18.8. The van der Waals surface area contributed by atoms with Crippen LogP contribution >= 0.6 is 11.6 Å². The van der Waals surface area contributed by atoms with E-state index in [0.717, 1.165) is 16.8 Å². The molecule has 23 heavy (non-hydrogen) atoms. The zero-order chi connectivity index (χ0) is 15.8. The Morgan fingerprint density at radius 1 is 1.00 bits per heavy atom. The number of benzene rings is 2. The van der Waals surface area contributed by atoms with E-state index in [1.54, 1.807) is 6.08 Å².